The van der Waals surface area contributed by atoms with E-state index in [1.807, 2.05) is 0 Å². The van der Waals surface area contributed by atoms with Crippen molar-refractivity contribution in [2.45, 2.75) is 4.90 Å². The Labute approximate surface area is 180 Å². The fourth-order valence-electron chi connectivity index (χ4n) is 2.80. The van der Waals surface area contributed by atoms with Crippen molar-refractivity contribution in [2.24, 2.45) is 0 Å². The number of aromatic hydroxyl groups is 1. The van der Waals surface area contributed by atoms with Gasteiger partial charge in [-0.2, -0.15) is 0 Å². The van der Waals surface area contributed by atoms with Crippen LogP contribution in [0.25, 0.3) is 16.6 Å². The van der Waals surface area contributed by atoms with Crippen molar-refractivity contribution in [3.05, 3.63) is 81.5 Å². The minimum atomic E-state index is -3.86. The van der Waals surface area contributed by atoms with Gasteiger partial charge in [0, 0.05) is 6.20 Å². The Morgan fingerprint density at radius 1 is 1.00 bits per heavy atom. The van der Waals surface area contributed by atoms with Gasteiger partial charge < -0.3 is 5.11 Å². The Morgan fingerprint density at radius 3 is 2.40 bits per heavy atom. The molecule has 2 aromatic heterocycles. The number of rotatable bonds is 4. The lowest BCUT2D eigenvalue weighted by atomic mass is 10.2. The summed E-state index contributed by atoms with van der Waals surface area (Å²) in [7, 11) is -3.86. The molecular formula is C19H12Cl2N4O4S. The standard InChI is InChI=1S/C19H12Cl2N4O4S/c20-13-9-14(21)18(26)17-16(13)19(27)25(10-23-17)11-4-6-12(7-5-11)30(28,29)24-15-3-1-2-8-22-15/h1-10,26H,(H,22,24). The second-order valence-electron chi connectivity index (χ2n) is 6.15. The molecule has 0 spiro atoms. The predicted octanol–water partition coefficient (Wildman–Crippen LogP) is 3.59. The second-order valence-corrected chi connectivity index (χ2v) is 8.64. The summed E-state index contributed by atoms with van der Waals surface area (Å²) in [5.41, 5.74) is -0.205. The van der Waals surface area contributed by atoms with E-state index in [2.05, 4.69) is 14.7 Å². The summed E-state index contributed by atoms with van der Waals surface area (Å²) in [4.78, 5) is 20.9. The van der Waals surface area contributed by atoms with Gasteiger partial charge in [-0.15, -0.1) is 0 Å². The largest absolute Gasteiger partial charge is 0.504 e. The number of nitrogens with zero attached hydrogens (tertiary/aromatic N) is 3. The normalized spacial score (nSPS) is 11.5. The van der Waals surface area contributed by atoms with Gasteiger partial charge in [-0.05, 0) is 42.5 Å². The van der Waals surface area contributed by atoms with Crippen molar-refractivity contribution in [1.29, 1.82) is 0 Å². The summed E-state index contributed by atoms with van der Waals surface area (Å²) < 4.78 is 28.6. The number of aromatic nitrogens is 3. The summed E-state index contributed by atoms with van der Waals surface area (Å²) in [6, 6.07) is 11.7. The molecule has 4 rings (SSSR count). The third kappa shape index (κ3) is 3.58. The van der Waals surface area contributed by atoms with Crippen LogP contribution in [-0.2, 0) is 10.0 Å². The first kappa shape index (κ1) is 20.1. The SMILES string of the molecule is O=c1c2c(Cl)cc(Cl)c(O)c2ncn1-c1ccc(S(=O)(=O)Nc2ccccn2)cc1. The van der Waals surface area contributed by atoms with E-state index in [0.29, 0.717) is 5.69 Å². The molecule has 0 amide bonds. The van der Waals surface area contributed by atoms with Crippen LogP contribution in [0.1, 0.15) is 0 Å². The van der Waals surface area contributed by atoms with E-state index in [9.17, 15) is 18.3 Å². The number of benzene rings is 2. The lowest BCUT2D eigenvalue weighted by Crippen LogP contribution is -2.19. The Hall–Kier alpha value is -3.14. The van der Waals surface area contributed by atoms with Crippen molar-refractivity contribution < 1.29 is 13.5 Å². The summed E-state index contributed by atoms with van der Waals surface area (Å²) in [6.07, 6.45) is 2.67. The highest BCUT2D eigenvalue weighted by molar-refractivity contribution is 7.92. The van der Waals surface area contributed by atoms with E-state index >= 15 is 0 Å². The predicted molar refractivity (Wildman–Crippen MR) is 114 cm³/mol. The molecule has 0 atom stereocenters. The molecule has 4 aromatic rings. The monoisotopic (exact) mass is 462 g/mol. The summed E-state index contributed by atoms with van der Waals surface area (Å²) in [6.45, 7) is 0. The lowest BCUT2D eigenvalue weighted by Gasteiger charge is -2.11. The van der Waals surface area contributed by atoms with Crippen LogP contribution >= 0.6 is 23.2 Å². The Morgan fingerprint density at radius 2 is 1.73 bits per heavy atom. The topological polar surface area (TPSA) is 114 Å². The minimum Gasteiger partial charge on any atom is -0.504 e. The van der Waals surface area contributed by atoms with Crippen molar-refractivity contribution >= 4 is 49.9 Å². The van der Waals surface area contributed by atoms with E-state index in [0.717, 1.165) is 0 Å². The zero-order chi connectivity index (χ0) is 21.5. The van der Waals surface area contributed by atoms with Crippen LogP contribution in [0.5, 0.6) is 5.75 Å². The molecule has 0 aliphatic carbocycles. The first-order valence-electron chi connectivity index (χ1n) is 8.40. The fourth-order valence-corrected chi connectivity index (χ4v) is 4.35. The molecule has 0 aliphatic rings. The van der Waals surface area contributed by atoms with Gasteiger partial charge in [-0.1, -0.05) is 29.3 Å². The maximum Gasteiger partial charge on any atom is 0.267 e. The maximum absolute atomic E-state index is 12.9. The molecule has 2 heterocycles. The van der Waals surface area contributed by atoms with E-state index in [1.165, 1.54) is 53.5 Å². The third-order valence-electron chi connectivity index (χ3n) is 4.24. The molecule has 0 radical (unpaired) electrons. The highest BCUT2D eigenvalue weighted by Gasteiger charge is 2.17. The molecule has 0 bridgehead atoms. The maximum atomic E-state index is 12.9. The molecule has 0 saturated heterocycles. The van der Waals surface area contributed by atoms with Crippen molar-refractivity contribution in [1.82, 2.24) is 14.5 Å². The molecule has 30 heavy (non-hydrogen) atoms. The number of hydrogen-bond donors (Lipinski definition) is 2. The molecule has 152 valence electrons. The lowest BCUT2D eigenvalue weighted by molar-refractivity contribution is 0.480. The number of fused-ring (bicyclic) bond motifs is 1. The van der Waals surface area contributed by atoms with Crippen LogP contribution in [-0.4, -0.2) is 28.1 Å². The molecule has 11 heteroatoms. The molecule has 8 nitrogen and oxygen atoms in total. The van der Waals surface area contributed by atoms with Gasteiger partial charge in [0.2, 0.25) is 0 Å². The molecule has 0 unspecified atom stereocenters. The van der Waals surface area contributed by atoms with Gasteiger partial charge in [-0.3, -0.25) is 14.1 Å². The average Bonchev–Trinajstić information content (AvgIpc) is 2.72. The molecule has 2 N–H and O–H groups in total. The van der Waals surface area contributed by atoms with E-state index in [-0.39, 0.29) is 37.4 Å². The third-order valence-corrected chi connectivity index (χ3v) is 6.20. The summed E-state index contributed by atoms with van der Waals surface area (Å²) in [5, 5.41) is 10.0. The number of halogens is 2. The van der Waals surface area contributed by atoms with E-state index in [4.69, 9.17) is 23.2 Å². The highest BCUT2D eigenvalue weighted by atomic mass is 35.5. The van der Waals surface area contributed by atoms with Gasteiger partial charge >= 0.3 is 0 Å². The van der Waals surface area contributed by atoms with E-state index in [1.54, 1.807) is 12.1 Å². The highest BCUT2D eigenvalue weighted by Crippen LogP contribution is 2.34. The van der Waals surface area contributed by atoms with Crippen LogP contribution < -0.4 is 10.3 Å². The zero-order valence-corrected chi connectivity index (χ0v) is 17.3. The van der Waals surface area contributed by atoms with Crippen LogP contribution in [0, 0.1) is 0 Å². The molecule has 0 aliphatic heterocycles. The zero-order valence-electron chi connectivity index (χ0n) is 15.0. The first-order valence-corrected chi connectivity index (χ1v) is 10.6. The first-order chi connectivity index (χ1) is 14.3. The van der Waals surface area contributed by atoms with Crippen molar-refractivity contribution in [2.75, 3.05) is 4.72 Å². The Bertz CT molecular complexity index is 1420. The van der Waals surface area contributed by atoms with Crippen LogP contribution in [0.15, 0.2) is 70.7 Å². The van der Waals surface area contributed by atoms with Gasteiger partial charge in [0.25, 0.3) is 15.6 Å². The Kier molecular flexibility index (Phi) is 5.10. The van der Waals surface area contributed by atoms with Crippen LogP contribution in [0.3, 0.4) is 0 Å². The average molecular weight is 463 g/mol. The van der Waals surface area contributed by atoms with Crippen molar-refractivity contribution in [3.8, 4) is 11.4 Å². The van der Waals surface area contributed by atoms with E-state index < -0.39 is 15.6 Å². The number of sulfonamides is 1. The van der Waals surface area contributed by atoms with Gasteiger partial charge in [-0.25, -0.2) is 18.4 Å². The van der Waals surface area contributed by atoms with Crippen LogP contribution in [0.2, 0.25) is 10.0 Å². The number of phenols is 1. The van der Waals surface area contributed by atoms with Gasteiger partial charge in [0.05, 0.1) is 26.0 Å². The summed E-state index contributed by atoms with van der Waals surface area (Å²) in [5.74, 6) is -0.160. The molecular weight excluding hydrogens is 451 g/mol. The van der Waals surface area contributed by atoms with Crippen LogP contribution in [0.4, 0.5) is 5.82 Å². The van der Waals surface area contributed by atoms with Gasteiger partial charge in [0.15, 0.2) is 5.75 Å². The number of hydrogen-bond acceptors (Lipinski definition) is 6. The summed E-state index contributed by atoms with van der Waals surface area (Å²) >= 11 is 12.0. The fraction of sp³-hybridized carbons (Fsp3) is 0. The number of anilines is 1. The number of pyridine rings is 1. The Balaban J connectivity index is 1.74. The molecule has 2 aromatic carbocycles. The molecule has 0 saturated carbocycles. The second kappa shape index (κ2) is 7.60. The number of phenolic OH excluding ortho intramolecular Hbond substituents is 1. The number of nitrogens with one attached hydrogen (secondary N) is 1. The minimum absolute atomic E-state index is 0.00502. The quantitative estimate of drug-likeness (QED) is 0.478. The van der Waals surface area contributed by atoms with Gasteiger partial charge in [0.1, 0.15) is 17.7 Å². The smallest absolute Gasteiger partial charge is 0.267 e. The molecule has 0 fully saturated rings. The van der Waals surface area contributed by atoms with Crippen molar-refractivity contribution in [3.63, 3.8) is 0 Å².